The quantitative estimate of drug-likeness (QED) is 0.563. The molecule has 1 saturated carbocycles. The van der Waals surface area contributed by atoms with Crippen LogP contribution in [0.4, 0.5) is 23.2 Å². The second-order valence-electron chi connectivity index (χ2n) is 11.0. The van der Waals surface area contributed by atoms with E-state index in [9.17, 15) is 17.6 Å². The number of aromatic nitrogens is 1. The van der Waals surface area contributed by atoms with E-state index in [0.717, 1.165) is 56.8 Å². The number of hydrazine groups is 1. The Labute approximate surface area is 205 Å². The third kappa shape index (κ3) is 5.17. The molecule has 0 radical (unpaired) electrons. The number of nitrogens with one attached hydrogen (secondary N) is 2. The van der Waals surface area contributed by atoms with Crippen LogP contribution in [0, 0.1) is 17.8 Å². The highest BCUT2D eigenvalue weighted by Gasteiger charge is 2.52. The molecule has 4 aliphatic rings. The van der Waals surface area contributed by atoms with Crippen molar-refractivity contribution in [3.63, 3.8) is 0 Å². The number of fused-ring (bicyclic) bond motifs is 3. The number of halogens is 4. The van der Waals surface area contributed by atoms with Gasteiger partial charge in [-0.2, -0.15) is 13.2 Å². The highest BCUT2D eigenvalue weighted by molar-refractivity contribution is 5.46. The highest BCUT2D eigenvalue weighted by Crippen LogP contribution is 2.51. The lowest BCUT2D eigenvalue weighted by Crippen LogP contribution is -2.58. The van der Waals surface area contributed by atoms with E-state index in [4.69, 9.17) is 4.98 Å². The van der Waals surface area contributed by atoms with Gasteiger partial charge < -0.3 is 4.90 Å². The Balaban J connectivity index is 1.35. The normalized spacial score (nSPS) is 34.3. The first-order valence-corrected chi connectivity index (χ1v) is 13.0. The van der Waals surface area contributed by atoms with E-state index in [1.807, 2.05) is 32.3 Å². The van der Waals surface area contributed by atoms with Crippen LogP contribution in [-0.4, -0.2) is 85.5 Å². The van der Waals surface area contributed by atoms with Gasteiger partial charge in [-0.25, -0.2) is 0 Å². The summed E-state index contributed by atoms with van der Waals surface area (Å²) in [6.45, 7) is 4.21. The van der Waals surface area contributed by atoms with Crippen LogP contribution in [0.1, 0.15) is 44.3 Å². The SMILES string of the molecule is C[C@@H]1CC2C3CNNC3CCC2[C@@H](c2ccc(N(C)C3CN(CCCF)C3)cn2)N1CC(F)(F)F. The molecule has 2 N–H and O–H groups in total. The fourth-order valence-corrected chi connectivity index (χ4v) is 7.08. The molecule has 5 rings (SSSR count). The molecule has 3 aliphatic heterocycles. The standard InChI is InChI=1S/C25H38F4N6/c1-16-10-20-19(5-7-22-21(20)12-31-32-22)24(35(16)15-25(27,28)29)23-6-4-17(11-30-23)33(2)18-13-34(14-18)9-3-8-26/h4,6,11,16,18-22,24,31-32H,3,5,7-10,12-15H2,1-2H3/t16-,19?,20?,21?,22?,24+/m1/s1. The minimum Gasteiger partial charge on any atom is -0.368 e. The molecule has 35 heavy (non-hydrogen) atoms. The Bertz CT molecular complexity index is 845. The molecule has 1 aromatic heterocycles. The van der Waals surface area contributed by atoms with Crippen molar-refractivity contribution in [1.29, 1.82) is 0 Å². The molecule has 0 bridgehead atoms. The van der Waals surface area contributed by atoms with E-state index >= 15 is 0 Å². The summed E-state index contributed by atoms with van der Waals surface area (Å²) in [5.74, 6) is 1.01. The second-order valence-corrected chi connectivity index (χ2v) is 11.0. The molecule has 4 heterocycles. The third-order valence-electron chi connectivity index (χ3n) is 8.93. The summed E-state index contributed by atoms with van der Waals surface area (Å²) < 4.78 is 53.3. The molecule has 196 valence electrons. The van der Waals surface area contributed by atoms with Crippen molar-refractivity contribution in [2.75, 3.05) is 51.3 Å². The Morgan fingerprint density at radius 3 is 2.63 bits per heavy atom. The molecular formula is C25H38F4N6. The zero-order chi connectivity index (χ0) is 24.7. The van der Waals surface area contributed by atoms with Crippen LogP contribution in [0.3, 0.4) is 0 Å². The van der Waals surface area contributed by atoms with Crippen molar-refractivity contribution in [3.05, 3.63) is 24.0 Å². The van der Waals surface area contributed by atoms with Gasteiger partial charge in [0.1, 0.15) is 0 Å². The van der Waals surface area contributed by atoms with Crippen molar-refractivity contribution in [2.24, 2.45) is 17.8 Å². The molecule has 0 aromatic carbocycles. The van der Waals surface area contributed by atoms with Gasteiger partial charge in [-0.15, -0.1) is 0 Å². The van der Waals surface area contributed by atoms with Crippen molar-refractivity contribution in [1.82, 2.24) is 25.6 Å². The maximum Gasteiger partial charge on any atom is 0.401 e. The fourth-order valence-electron chi connectivity index (χ4n) is 7.08. The summed E-state index contributed by atoms with van der Waals surface area (Å²) in [6, 6.07) is 4.24. The zero-order valence-corrected chi connectivity index (χ0v) is 20.6. The maximum absolute atomic E-state index is 13.6. The molecule has 6 nitrogen and oxygen atoms in total. The van der Waals surface area contributed by atoms with Crippen molar-refractivity contribution in [2.45, 2.75) is 63.0 Å². The Kier molecular flexibility index (Phi) is 7.27. The van der Waals surface area contributed by atoms with Crippen molar-refractivity contribution in [3.8, 4) is 0 Å². The average molecular weight is 499 g/mol. The molecule has 6 atom stereocenters. The smallest absolute Gasteiger partial charge is 0.368 e. The zero-order valence-electron chi connectivity index (χ0n) is 20.6. The minimum absolute atomic E-state index is 0.156. The molecule has 4 unspecified atom stereocenters. The Morgan fingerprint density at radius 2 is 1.94 bits per heavy atom. The summed E-state index contributed by atoms with van der Waals surface area (Å²) in [6.07, 6.45) is 0.826. The molecule has 1 aromatic rings. The number of piperidine rings is 1. The van der Waals surface area contributed by atoms with Gasteiger partial charge in [0.25, 0.3) is 0 Å². The van der Waals surface area contributed by atoms with E-state index in [-0.39, 0.29) is 24.7 Å². The van der Waals surface area contributed by atoms with Crippen molar-refractivity contribution < 1.29 is 17.6 Å². The maximum atomic E-state index is 13.6. The Hall–Kier alpha value is -1.49. The Morgan fingerprint density at radius 1 is 1.14 bits per heavy atom. The summed E-state index contributed by atoms with van der Waals surface area (Å²) >= 11 is 0. The van der Waals surface area contributed by atoms with Gasteiger partial charge in [0.15, 0.2) is 0 Å². The number of anilines is 1. The van der Waals surface area contributed by atoms with Crippen LogP contribution in [0.5, 0.6) is 0 Å². The molecule has 0 spiro atoms. The first kappa shape index (κ1) is 25.2. The predicted octanol–water partition coefficient (Wildman–Crippen LogP) is 3.38. The summed E-state index contributed by atoms with van der Waals surface area (Å²) in [5, 5.41) is 0. The lowest BCUT2D eigenvalue weighted by Gasteiger charge is -2.53. The van der Waals surface area contributed by atoms with E-state index < -0.39 is 12.7 Å². The largest absolute Gasteiger partial charge is 0.401 e. The van der Waals surface area contributed by atoms with Crippen LogP contribution in [0.15, 0.2) is 18.3 Å². The monoisotopic (exact) mass is 498 g/mol. The molecule has 3 saturated heterocycles. The van der Waals surface area contributed by atoms with Crippen LogP contribution in [0.25, 0.3) is 0 Å². The van der Waals surface area contributed by atoms with Crippen LogP contribution in [0.2, 0.25) is 0 Å². The lowest BCUT2D eigenvalue weighted by atomic mass is 9.62. The first-order valence-electron chi connectivity index (χ1n) is 13.0. The molecule has 4 fully saturated rings. The van der Waals surface area contributed by atoms with Crippen LogP contribution in [-0.2, 0) is 0 Å². The van der Waals surface area contributed by atoms with Gasteiger partial charge in [-0.05, 0) is 62.5 Å². The number of hydrogen-bond donors (Lipinski definition) is 2. The summed E-state index contributed by atoms with van der Waals surface area (Å²) in [4.78, 5) is 10.9. The van der Waals surface area contributed by atoms with E-state index in [1.54, 1.807) is 4.90 Å². The number of nitrogens with zero attached hydrogens (tertiary/aromatic N) is 4. The molecular weight excluding hydrogens is 460 g/mol. The van der Waals surface area contributed by atoms with Gasteiger partial charge in [-0.1, -0.05) is 0 Å². The van der Waals surface area contributed by atoms with Gasteiger partial charge >= 0.3 is 6.18 Å². The molecule has 1 aliphatic carbocycles. The number of hydrogen-bond acceptors (Lipinski definition) is 6. The van der Waals surface area contributed by atoms with E-state index in [2.05, 4.69) is 20.7 Å². The average Bonchev–Trinajstić information content (AvgIpc) is 3.27. The van der Waals surface area contributed by atoms with E-state index in [1.165, 1.54) is 0 Å². The lowest BCUT2D eigenvalue weighted by molar-refractivity contribution is -0.172. The highest BCUT2D eigenvalue weighted by atomic mass is 19.4. The van der Waals surface area contributed by atoms with Gasteiger partial charge in [0.2, 0.25) is 0 Å². The predicted molar refractivity (Wildman–Crippen MR) is 128 cm³/mol. The topological polar surface area (TPSA) is 46.7 Å². The van der Waals surface area contributed by atoms with Gasteiger partial charge in [0, 0.05) is 45.3 Å². The summed E-state index contributed by atoms with van der Waals surface area (Å²) in [5.41, 5.74) is 8.39. The number of likely N-dealkylation sites (tertiary alicyclic amines) is 2. The molecule has 10 heteroatoms. The fraction of sp³-hybridized carbons (Fsp3) is 0.800. The number of pyridine rings is 1. The number of rotatable bonds is 7. The number of likely N-dealkylation sites (N-methyl/N-ethyl adjacent to an activating group) is 1. The van der Waals surface area contributed by atoms with Crippen molar-refractivity contribution >= 4 is 5.69 Å². The van der Waals surface area contributed by atoms with Crippen LogP contribution < -0.4 is 15.8 Å². The van der Waals surface area contributed by atoms with Gasteiger partial charge in [-0.3, -0.25) is 30.0 Å². The second kappa shape index (κ2) is 10.1. The molecule has 0 amide bonds. The first-order chi connectivity index (χ1) is 16.7. The third-order valence-corrected chi connectivity index (χ3v) is 8.93. The number of alkyl halides is 4. The van der Waals surface area contributed by atoms with E-state index in [0.29, 0.717) is 30.3 Å². The van der Waals surface area contributed by atoms with Crippen LogP contribution >= 0.6 is 0 Å². The minimum atomic E-state index is -4.24. The summed E-state index contributed by atoms with van der Waals surface area (Å²) in [7, 11) is 2.03. The van der Waals surface area contributed by atoms with Gasteiger partial charge in [0.05, 0.1) is 42.9 Å².